The summed E-state index contributed by atoms with van der Waals surface area (Å²) in [4.78, 5) is 12.3. The molecule has 21 heavy (non-hydrogen) atoms. The van der Waals surface area contributed by atoms with Crippen LogP contribution in [0.15, 0.2) is 24.3 Å². The van der Waals surface area contributed by atoms with Crippen LogP contribution in [0.3, 0.4) is 0 Å². The van der Waals surface area contributed by atoms with E-state index >= 15 is 0 Å². The lowest BCUT2D eigenvalue weighted by Crippen LogP contribution is -2.39. The molecule has 1 aliphatic carbocycles. The molecule has 0 aliphatic heterocycles. The van der Waals surface area contributed by atoms with Crippen LogP contribution in [0.1, 0.15) is 57.8 Å². The van der Waals surface area contributed by atoms with Gasteiger partial charge < -0.3 is 9.84 Å². The lowest BCUT2D eigenvalue weighted by Gasteiger charge is -2.40. The standard InChI is InChI=1S/C18H26O3/c1-6-12-11-15(18(4,5)17(12,2)3)21-16(20)13-9-7-8-10-14(13)19/h7-10,12,15,19H,6,11H2,1-5H3. The van der Waals surface area contributed by atoms with Gasteiger partial charge >= 0.3 is 5.97 Å². The molecule has 3 nitrogen and oxygen atoms in total. The van der Waals surface area contributed by atoms with Gasteiger partial charge in [-0.3, -0.25) is 0 Å². The number of rotatable bonds is 3. The third-order valence-corrected chi connectivity index (χ3v) is 5.85. The van der Waals surface area contributed by atoms with E-state index in [1.165, 1.54) is 6.07 Å². The number of benzene rings is 1. The van der Waals surface area contributed by atoms with E-state index in [4.69, 9.17) is 4.74 Å². The Hall–Kier alpha value is -1.51. The summed E-state index contributed by atoms with van der Waals surface area (Å²) < 4.78 is 5.76. The highest BCUT2D eigenvalue weighted by Crippen LogP contribution is 2.57. The van der Waals surface area contributed by atoms with Crippen molar-refractivity contribution in [3.63, 3.8) is 0 Å². The third kappa shape index (κ3) is 2.54. The number of hydrogen-bond acceptors (Lipinski definition) is 3. The van der Waals surface area contributed by atoms with Crippen molar-refractivity contribution in [3.8, 4) is 5.75 Å². The van der Waals surface area contributed by atoms with Gasteiger partial charge in [-0.2, -0.15) is 0 Å². The van der Waals surface area contributed by atoms with Gasteiger partial charge in [-0.05, 0) is 29.9 Å². The number of para-hydroxylation sites is 1. The van der Waals surface area contributed by atoms with E-state index in [2.05, 4.69) is 34.6 Å². The van der Waals surface area contributed by atoms with E-state index in [9.17, 15) is 9.90 Å². The molecule has 1 aliphatic rings. The maximum atomic E-state index is 12.3. The van der Waals surface area contributed by atoms with Gasteiger partial charge in [-0.15, -0.1) is 0 Å². The Morgan fingerprint density at radius 2 is 1.86 bits per heavy atom. The fourth-order valence-corrected chi connectivity index (χ4v) is 3.50. The molecular formula is C18H26O3. The van der Waals surface area contributed by atoms with Crippen LogP contribution in [0.25, 0.3) is 0 Å². The van der Waals surface area contributed by atoms with Crippen molar-refractivity contribution in [2.24, 2.45) is 16.7 Å². The highest BCUT2D eigenvalue weighted by molar-refractivity contribution is 5.92. The Kier molecular flexibility index (Phi) is 4.05. The van der Waals surface area contributed by atoms with Crippen LogP contribution >= 0.6 is 0 Å². The summed E-state index contributed by atoms with van der Waals surface area (Å²) in [6.45, 7) is 11.1. The molecule has 0 amide bonds. The summed E-state index contributed by atoms with van der Waals surface area (Å²) in [5, 5.41) is 9.78. The Morgan fingerprint density at radius 3 is 2.38 bits per heavy atom. The van der Waals surface area contributed by atoms with Crippen molar-refractivity contribution in [2.75, 3.05) is 0 Å². The zero-order valence-electron chi connectivity index (χ0n) is 13.6. The normalized spacial score (nSPS) is 26.5. The molecule has 0 saturated heterocycles. The molecular weight excluding hydrogens is 264 g/mol. The van der Waals surface area contributed by atoms with Crippen LogP contribution < -0.4 is 0 Å². The number of carbonyl (C=O) groups excluding carboxylic acids is 1. The van der Waals surface area contributed by atoms with Crippen LogP contribution in [0.4, 0.5) is 0 Å². The van der Waals surface area contributed by atoms with Gasteiger partial charge in [-0.25, -0.2) is 4.79 Å². The third-order valence-electron chi connectivity index (χ3n) is 5.85. The monoisotopic (exact) mass is 290 g/mol. The Labute approximate surface area is 127 Å². The molecule has 3 heteroatoms. The summed E-state index contributed by atoms with van der Waals surface area (Å²) in [5.41, 5.74) is 0.269. The molecule has 0 bridgehead atoms. The summed E-state index contributed by atoms with van der Waals surface area (Å²) in [6.07, 6.45) is 1.85. The second-order valence-corrected chi connectivity index (χ2v) is 7.20. The summed E-state index contributed by atoms with van der Waals surface area (Å²) in [5.74, 6) is 0.0815. The van der Waals surface area contributed by atoms with Gasteiger partial charge in [0.2, 0.25) is 0 Å². The molecule has 0 heterocycles. The Morgan fingerprint density at radius 1 is 1.24 bits per heavy atom. The first-order valence-electron chi connectivity index (χ1n) is 7.70. The molecule has 1 aromatic rings. The number of phenolic OH excluding ortho intramolecular Hbond substituents is 1. The molecule has 1 aromatic carbocycles. The maximum Gasteiger partial charge on any atom is 0.342 e. The first-order valence-corrected chi connectivity index (χ1v) is 7.70. The molecule has 0 spiro atoms. The van der Waals surface area contributed by atoms with Crippen molar-refractivity contribution in [3.05, 3.63) is 29.8 Å². The molecule has 0 aromatic heterocycles. The Balaban J connectivity index is 2.21. The Bertz CT molecular complexity index is 531. The second-order valence-electron chi connectivity index (χ2n) is 7.20. The van der Waals surface area contributed by atoms with Gasteiger partial charge in [0.05, 0.1) is 0 Å². The highest BCUT2D eigenvalue weighted by atomic mass is 16.5. The minimum absolute atomic E-state index is 0.0235. The molecule has 1 saturated carbocycles. The summed E-state index contributed by atoms with van der Waals surface area (Å²) in [6, 6.07) is 6.54. The molecule has 1 N–H and O–H groups in total. The number of hydrogen-bond donors (Lipinski definition) is 1. The smallest absolute Gasteiger partial charge is 0.342 e. The molecule has 116 valence electrons. The largest absolute Gasteiger partial charge is 0.507 e. The fourth-order valence-electron chi connectivity index (χ4n) is 3.50. The van der Waals surface area contributed by atoms with E-state index < -0.39 is 5.97 Å². The lowest BCUT2D eigenvalue weighted by atomic mass is 9.66. The van der Waals surface area contributed by atoms with E-state index in [0.29, 0.717) is 5.92 Å². The minimum Gasteiger partial charge on any atom is -0.507 e. The average Bonchev–Trinajstić information content (AvgIpc) is 2.58. The SMILES string of the molecule is CCC1CC(OC(=O)c2ccccc2O)C(C)(C)C1(C)C. The fraction of sp³-hybridized carbons (Fsp3) is 0.611. The number of carbonyl (C=O) groups is 1. The van der Waals surface area contributed by atoms with Gasteiger partial charge in [0.25, 0.3) is 0 Å². The average molecular weight is 290 g/mol. The molecule has 0 radical (unpaired) electrons. The highest BCUT2D eigenvalue weighted by Gasteiger charge is 2.55. The van der Waals surface area contributed by atoms with Crippen molar-refractivity contribution in [1.29, 1.82) is 0 Å². The first kappa shape index (κ1) is 15.9. The minimum atomic E-state index is -0.432. The topological polar surface area (TPSA) is 46.5 Å². The van der Waals surface area contributed by atoms with Crippen molar-refractivity contribution < 1.29 is 14.6 Å². The molecule has 1 fully saturated rings. The first-order chi connectivity index (χ1) is 9.71. The van der Waals surface area contributed by atoms with Gasteiger partial charge in [0.1, 0.15) is 17.4 Å². The van der Waals surface area contributed by atoms with Crippen molar-refractivity contribution in [2.45, 2.75) is 53.6 Å². The van der Waals surface area contributed by atoms with Gasteiger partial charge in [0.15, 0.2) is 0 Å². The molecule has 2 rings (SSSR count). The number of esters is 1. The maximum absolute atomic E-state index is 12.3. The summed E-state index contributed by atoms with van der Waals surface area (Å²) >= 11 is 0. The van der Waals surface area contributed by atoms with E-state index in [0.717, 1.165) is 12.8 Å². The number of aromatic hydroxyl groups is 1. The van der Waals surface area contributed by atoms with Crippen LogP contribution in [0, 0.1) is 16.7 Å². The number of ether oxygens (including phenoxy) is 1. The van der Waals surface area contributed by atoms with E-state index in [-0.39, 0.29) is 28.2 Å². The van der Waals surface area contributed by atoms with Crippen LogP contribution in [0.5, 0.6) is 5.75 Å². The van der Waals surface area contributed by atoms with Crippen molar-refractivity contribution >= 4 is 5.97 Å². The predicted molar refractivity (Wildman–Crippen MR) is 83.3 cm³/mol. The summed E-state index contributed by atoms with van der Waals surface area (Å²) in [7, 11) is 0. The van der Waals surface area contributed by atoms with Crippen LogP contribution in [-0.4, -0.2) is 17.2 Å². The molecule has 2 atom stereocenters. The zero-order chi connectivity index (χ0) is 15.8. The predicted octanol–water partition coefficient (Wildman–Crippen LogP) is 4.40. The second kappa shape index (κ2) is 5.36. The van der Waals surface area contributed by atoms with Gasteiger partial charge in [-0.1, -0.05) is 53.2 Å². The zero-order valence-corrected chi connectivity index (χ0v) is 13.6. The van der Waals surface area contributed by atoms with Crippen molar-refractivity contribution in [1.82, 2.24) is 0 Å². The molecule has 2 unspecified atom stereocenters. The van der Waals surface area contributed by atoms with Crippen LogP contribution in [0.2, 0.25) is 0 Å². The van der Waals surface area contributed by atoms with Crippen LogP contribution in [-0.2, 0) is 4.74 Å². The van der Waals surface area contributed by atoms with Gasteiger partial charge in [0, 0.05) is 5.41 Å². The lowest BCUT2D eigenvalue weighted by molar-refractivity contribution is -0.0209. The van der Waals surface area contributed by atoms with E-state index in [1.807, 2.05) is 0 Å². The quantitative estimate of drug-likeness (QED) is 0.839. The number of phenols is 1. The van der Waals surface area contributed by atoms with E-state index in [1.54, 1.807) is 18.2 Å².